The molecule has 1 aromatic rings. The highest BCUT2D eigenvalue weighted by atomic mass is 14.9. The van der Waals surface area contributed by atoms with Gasteiger partial charge in [0.25, 0.3) is 0 Å². The summed E-state index contributed by atoms with van der Waals surface area (Å²) in [5.41, 5.74) is 2.16. The Balaban J connectivity index is 2.55. The van der Waals surface area contributed by atoms with E-state index in [2.05, 4.69) is 49.4 Å². The Bertz CT molecular complexity index is 310. The molecular weight excluding hydrogens is 198 g/mol. The summed E-state index contributed by atoms with van der Waals surface area (Å²) in [6.45, 7) is 9.70. The van der Waals surface area contributed by atoms with E-state index in [0.29, 0.717) is 12.0 Å². The van der Waals surface area contributed by atoms with Crippen molar-refractivity contribution in [3.05, 3.63) is 18.5 Å². The number of rotatable bonds is 6. The summed E-state index contributed by atoms with van der Waals surface area (Å²) in [7, 11) is 0. The van der Waals surface area contributed by atoms with Crippen molar-refractivity contribution in [2.24, 2.45) is 5.92 Å². The van der Waals surface area contributed by atoms with Crippen molar-refractivity contribution in [2.75, 3.05) is 17.2 Å². The van der Waals surface area contributed by atoms with Gasteiger partial charge in [0.05, 0.1) is 23.8 Å². The fourth-order valence-corrected chi connectivity index (χ4v) is 1.87. The van der Waals surface area contributed by atoms with Crippen LogP contribution in [0, 0.1) is 5.92 Å². The van der Waals surface area contributed by atoms with E-state index in [-0.39, 0.29) is 0 Å². The van der Waals surface area contributed by atoms with Crippen LogP contribution in [-0.2, 0) is 0 Å². The summed E-state index contributed by atoms with van der Waals surface area (Å²) in [6.07, 6.45) is 4.89. The summed E-state index contributed by atoms with van der Waals surface area (Å²) < 4.78 is 0. The first-order valence-corrected chi connectivity index (χ1v) is 6.07. The zero-order valence-electron chi connectivity index (χ0n) is 10.7. The first kappa shape index (κ1) is 12.8. The topological polar surface area (TPSA) is 37.0 Å². The second-order valence-corrected chi connectivity index (χ2v) is 4.67. The molecule has 0 fully saturated rings. The molecule has 0 saturated carbocycles. The van der Waals surface area contributed by atoms with E-state index in [0.717, 1.165) is 17.9 Å². The monoisotopic (exact) mass is 221 g/mol. The van der Waals surface area contributed by atoms with Gasteiger partial charge in [-0.1, -0.05) is 13.8 Å². The maximum atomic E-state index is 4.21. The van der Waals surface area contributed by atoms with Crippen molar-refractivity contribution in [1.82, 2.24) is 4.98 Å². The molecule has 0 aliphatic carbocycles. The van der Waals surface area contributed by atoms with Crippen LogP contribution >= 0.6 is 0 Å². The molecule has 0 saturated heterocycles. The van der Waals surface area contributed by atoms with Crippen LogP contribution in [0.15, 0.2) is 18.5 Å². The summed E-state index contributed by atoms with van der Waals surface area (Å²) in [6, 6.07) is 2.59. The lowest BCUT2D eigenvalue weighted by Gasteiger charge is -2.17. The van der Waals surface area contributed by atoms with Gasteiger partial charge in [-0.15, -0.1) is 0 Å². The summed E-state index contributed by atoms with van der Waals surface area (Å²) in [5.74, 6) is 0.715. The number of nitrogens with one attached hydrogen (secondary N) is 2. The fourth-order valence-electron chi connectivity index (χ4n) is 1.87. The maximum Gasteiger partial charge on any atom is 0.0549 e. The Morgan fingerprint density at radius 1 is 1.19 bits per heavy atom. The zero-order chi connectivity index (χ0) is 12.0. The van der Waals surface area contributed by atoms with Gasteiger partial charge in [0.1, 0.15) is 0 Å². The van der Waals surface area contributed by atoms with E-state index in [1.807, 2.05) is 12.4 Å². The standard InChI is InChI=1S/C13H23N3/c1-5-15-12-7-13(9-14-8-12)16-11(4)6-10(2)3/h7-11,15-16H,5-6H2,1-4H3. The molecule has 1 aromatic heterocycles. The molecule has 16 heavy (non-hydrogen) atoms. The number of nitrogens with zero attached hydrogens (tertiary/aromatic N) is 1. The number of anilines is 2. The maximum absolute atomic E-state index is 4.21. The van der Waals surface area contributed by atoms with E-state index in [1.165, 1.54) is 6.42 Å². The van der Waals surface area contributed by atoms with Gasteiger partial charge in [-0.25, -0.2) is 0 Å². The normalized spacial score (nSPS) is 12.6. The van der Waals surface area contributed by atoms with Crippen molar-refractivity contribution >= 4 is 11.4 Å². The molecule has 0 aliphatic rings. The van der Waals surface area contributed by atoms with Crippen LogP contribution in [-0.4, -0.2) is 17.6 Å². The van der Waals surface area contributed by atoms with E-state index in [4.69, 9.17) is 0 Å². The van der Waals surface area contributed by atoms with Crippen LogP contribution in [0.5, 0.6) is 0 Å². The average molecular weight is 221 g/mol. The number of pyridine rings is 1. The lowest BCUT2D eigenvalue weighted by molar-refractivity contribution is 0.539. The van der Waals surface area contributed by atoms with Gasteiger partial charge in [0.2, 0.25) is 0 Å². The van der Waals surface area contributed by atoms with Crippen molar-refractivity contribution in [2.45, 2.75) is 40.2 Å². The molecule has 0 bridgehead atoms. The van der Waals surface area contributed by atoms with E-state index in [9.17, 15) is 0 Å². The minimum absolute atomic E-state index is 0.485. The first-order chi connectivity index (χ1) is 7.61. The third-order valence-electron chi connectivity index (χ3n) is 2.36. The summed E-state index contributed by atoms with van der Waals surface area (Å²) in [4.78, 5) is 4.21. The van der Waals surface area contributed by atoms with Crippen molar-refractivity contribution in [3.63, 3.8) is 0 Å². The smallest absolute Gasteiger partial charge is 0.0549 e. The third kappa shape index (κ3) is 4.51. The molecule has 90 valence electrons. The fraction of sp³-hybridized carbons (Fsp3) is 0.615. The van der Waals surface area contributed by atoms with Crippen molar-refractivity contribution in [3.8, 4) is 0 Å². The van der Waals surface area contributed by atoms with Gasteiger partial charge in [-0.3, -0.25) is 4.98 Å². The third-order valence-corrected chi connectivity index (χ3v) is 2.36. The Morgan fingerprint density at radius 3 is 2.50 bits per heavy atom. The molecule has 1 unspecified atom stereocenters. The molecule has 2 N–H and O–H groups in total. The first-order valence-electron chi connectivity index (χ1n) is 6.07. The predicted octanol–water partition coefficient (Wildman–Crippen LogP) is 3.36. The van der Waals surface area contributed by atoms with Gasteiger partial charge >= 0.3 is 0 Å². The highest BCUT2D eigenvalue weighted by Crippen LogP contribution is 2.15. The second kappa shape index (κ2) is 6.36. The Kier molecular flexibility index (Phi) is 5.09. The predicted molar refractivity (Wildman–Crippen MR) is 70.9 cm³/mol. The lowest BCUT2D eigenvalue weighted by atomic mass is 10.1. The van der Waals surface area contributed by atoms with Gasteiger partial charge in [0, 0.05) is 12.6 Å². The minimum Gasteiger partial charge on any atom is -0.384 e. The van der Waals surface area contributed by atoms with E-state index >= 15 is 0 Å². The molecule has 3 heteroatoms. The average Bonchev–Trinajstić information content (AvgIpc) is 2.17. The van der Waals surface area contributed by atoms with Gasteiger partial charge < -0.3 is 10.6 Å². The molecule has 0 spiro atoms. The second-order valence-electron chi connectivity index (χ2n) is 4.67. The van der Waals surface area contributed by atoms with E-state index < -0.39 is 0 Å². The highest BCUT2D eigenvalue weighted by molar-refractivity contribution is 5.54. The molecule has 0 aromatic carbocycles. The molecule has 1 atom stereocenters. The molecule has 1 rings (SSSR count). The van der Waals surface area contributed by atoms with Gasteiger partial charge in [-0.2, -0.15) is 0 Å². The number of aromatic nitrogens is 1. The quantitative estimate of drug-likeness (QED) is 0.773. The van der Waals surface area contributed by atoms with Crippen LogP contribution in [0.2, 0.25) is 0 Å². The van der Waals surface area contributed by atoms with Crippen LogP contribution in [0.1, 0.15) is 34.1 Å². The molecular formula is C13H23N3. The highest BCUT2D eigenvalue weighted by Gasteiger charge is 2.05. The lowest BCUT2D eigenvalue weighted by Crippen LogP contribution is -2.17. The zero-order valence-corrected chi connectivity index (χ0v) is 10.7. The SMILES string of the molecule is CCNc1cncc(NC(C)CC(C)C)c1. The van der Waals surface area contributed by atoms with Gasteiger partial charge in [0.15, 0.2) is 0 Å². The summed E-state index contributed by atoms with van der Waals surface area (Å²) >= 11 is 0. The van der Waals surface area contributed by atoms with Crippen LogP contribution < -0.4 is 10.6 Å². The molecule has 1 heterocycles. The van der Waals surface area contributed by atoms with Crippen LogP contribution in [0.25, 0.3) is 0 Å². The van der Waals surface area contributed by atoms with Gasteiger partial charge in [-0.05, 0) is 32.3 Å². The molecule has 0 radical (unpaired) electrons. The van der Waals surface area contributed by atoms with E-state index in [1.54, 1.807) is 0 Å². The van der Waals surface area contributed by atoms with Crippen molar-refractivity contribution in [1.29, 1.82) is 0 Å². The van der Waals surface area contributed by atoms with Crippen molar-refractivity contribution < 1.29 is 0 Å². The number of hydrogen-bond donors (Lipinski definition) is 2. The largest absolute Gasteiger partial charge is 0.384 e. The molecule has 0 amide bonds. The molecule has 3 nitrogen and oxygen atoms in total. The summed E-state index contributed by atoms with van der Waals surface area (Å²) in [5, 5.41) is 6.73. The number of hydrogen-bond acceptors (Lipinski definition) is 3. The minimum atomic E-state index is 0.485. The molecule has 0 aliphatic heterocycles. The van der Waals surface area contributed by atoms with Crippen LogP contribution in [0.3, 0.4) is 0 Å². The van der Waals surface area contributed by atoms with Crippen LogP contribution in [0.4, 0.5) is 11.4 Å². The Hall–Kier alpha value is -1.25. The Morgan fingerprint density at radius 2 is 1.88 bits per heavy atom. The Labute approximate surface area is 98.7 Å².